The second-order valence-corrected chi connectivity index (χ2v) is 5.03. The van der Waals surface area contributed by atoms with E-state index in [2.05, 4.69) is 6.58 Å². The van der Waals surface area contributed by atoms with Gasteiger partial charge in [0.2, 0.25) is 0 Å². The van der Waals surface area contributed by atoms with Crippen molar-refractivity contribution in [2.45, 2.75) is 45.1 Å². The maximum Gasteiger partial charge on any atom is 0.264 e. The smallest absolute Gasteiger partial charge is 0.264 e. The SMILES string of the molecule is C=CCCC[C@H](CCC)OS(C)(=O)=O. The summed E-state index contributed by atoms with van der Waals surface area (Å²) in [6.07, 6.45) is 7.14. The Hall–Kier alpha value is -0.350. The normalized spacial score (nSPS) is 13.9. The number of unbranched alkanes of at least 4 members (excludes halogenated alkanes) is 1. The van der Waals surface area contributed by atoms with E-state index >= 15 is 0 Å². The van der Waals surface area contributed by atoms with E-state index in [1.807, 2.05) is 13.0 Å². The maximum atomic E-state index is 10.9. The van der Waals surface area contributed by atoms with E-state index in [0.717, 1.165) is 38.4 Å². The quantitative estimate of drug-likeness (QED) is 0.358. The minimum absolute atomic E-state index is 0.157. The molecule has 0 rings (SSSR count). The van der Waals surface area contributed by atoms with Gasteiger partial charge in [-0.15, -0.1) is 6.58 Å². The van der Waals surface area contributed by atoms with Crippen LogP contribution in [0, 0.1) is 0 Å². The van der Waals surface area contributed by atoms with Gasteiger partial charge in [0.05, 0.1) is 12.4 Å². The molecule has 0 unspecified atom stereocenters. The molecule has 4 heteroatoms. The Balaban J connectivity index is 3.95. The molecular weight excluding hydrogens is 200 g/mol. The molecule has 0 amide bonds. The molecule has 14 heavy (non-hydrogen) atoms. The van der Waals surface area contributed by atoms with Crippen molar-refractivity contribution in [2.24, 2.45) is 0 Å². The highest BCUT2D eigenvalue weighted by Crippen LogP contribution is 2.13. The fourth-order valence-corrected chi connectivity index (χ4v) is 1.99. The van der Waals surface area contributed by atoms with Crippen LogP contribution >= 0.6 is 0 Å². The molecular formula is C10H20O3S. The molecule has 0 aromatic rings. The molecule has 0 aromatic carbocycles. The molecule has 0 aliphatic heterocycles. The second kappa shape index (κ2) is 7.01. The Morgan fingerprint density at radius 2 is 2.07 bits per heavy atom. The molecule has 0 bridgehead atoms. The van der Waals surface area contributed by atoms with Crippen LogP contribution in [-0.2, 0) is 14.3 Å². The van der Waals surface area contributed by atoms with E-state index in [9.17, 15) is 8.42 Å². The van der Waals surface area contributed by atoms with Crippen molar-refractivity contribution in [3.63, 3.8) is 0 Å². The fourth-order valence-electron chi connectivity index (χ4n) is 1.30. The fraction of sp³-hybridized carbons (Fsp3) is 0.800. The Morgan fingerprint density at radius 3 is 2.50 bits per heavy atom. The standard InChI is InChI=1S/C10H20O3S/c1-4-6-7-9-10(8-5-2)13-14(3,11)12/h4,10H,1,5-9H2,2-3H3/t10-/m0/s1. The molecule has 84 valence electrons. The third-order valence-electron chi connectivity index (χ3n) is 1.86. The van der Waals surface area contributed by atoms with Gasteiger partial charge >= 0.3 is 0 Å². The van der Waals surface area contributed by atoms with Crippen molar-refractivity contribution >= 4 is 10.1 Å². The van der Waals surface area contributed by atoms with Crippen LogP contribution in [0.15, 0.2) is 12.7 Å². The minimum atomic E-state index is -3.31. The van der Waals surface area contributed by atoms with E-state index in [1.54, 1.807) is 0 Å². The van der Waals surface area contributed by atoms with E-state index in [-0.39, 0.29) is 6.10 Å². The maximum absolute atomic E-state index is 10.9. The van der Waals surface area contributed by atoms with Gasteiger partial charge in [0.1, 0.15) is 0 Å². The van der Waals surface area contributed by atoms with Crippen molar-refractivity contribution in [1.29, 1.82) is 0 Å². The molecule has 0 heterocycles. The van der Waals surface area contributed by atoms with E-state index in [1.165, 1.54) is 0 Å². The monoisotopic (exact) mass is 220 g/mol. The first-order valence-electron chi connectivity index (χ1n) is 4.98. The van der Waals surface area contributed by atoms with E-state index in [0.29, 0.717) is 0 Å². The first-order chi connectivity index (χ1) is 6.49. The van der Waals surface area contributed by atoms with Gasteiger partial charge in [0, 0.05) is 0 Å². The zero-order valence-electron chi connectivity index (χ0n) is 9.03. The van der Waals surface area contributed by atoms with Gasteiger partial charge in [-0.3, -0.25) is 4.18 Å². The number of allylic oxidation sites excluding steroid dienone is 1. The molecule has 0 saturated heterocycles. The molecule has 0 aliphatic carbocycles. The summed E-state index contributed by atoms with van der Waals surface area (Å²) in [4.78, 5) is 0. The third-order valence-corrected chi connectivity index (χ3v) is 2.48. The molecule has 3 nitrogen and oxygen atoms in total. The predicted molar refractivity (Wildman–Crippen MR) is 58.7 cm³/mol. The topological polar surface area (TPSA) is 43.4 Å². The van der Waals surface area contributed by atoms with Crippen molar-refractivity contribution in [3.05, 3.63) is 12.7 Å². The molecule has 0 radical (unpaired) electrons. The van der Waals surface area contributed by atoms with Gasteiger partial charge in [-0.05, 0) is 25.7 Å². The lowest BCUT2D eigenvalue weighted by Crippen LogP contribution is -2.17. The molecule has 1 atom stereocenters. The highest BCUT2D eigenvalue weighted by atomic mass is 32.2. The third kappa shape index (κ3) is 8.26. The van der Waals surface area contributed by atoms with Gasteiger partial charge in [0.25, 0.3) is 10.1 Å². The summed E-state index contributed by atoms with van der Waals surface area (Å²) in [5.41, 5.74) is 0. The van der Waals surface area contributed by atoms with Crippen LogP contribution in [0.5, 0.6) is 0 Å². The number of hydrogen-bond donors (Lipinski definition) is 0. The molecule has 0 aromatic heterocycles. The van der Waals surface area contributed by atoms with Crippen molar-refractivity contribution in [1.82, 2.24) is 0 Å². The minimum Gasteiger partial charge on any atom is -0.267 e. The summed E-state index contributed by atoms with van der Waals surface area (Å²) in [7, 11) is -3.31. The van der Waals surface area contributed by atoms with Crippen molar-refractivity contribution < 1.29 is 12.6 Å². The average Bonchev–Trinajstić information content (AvgIpc) is 2.02. The summed E-state index contributed by atoms with van der Waals surface area (Å²) in [5.74, 6) is 0. The van der Waals surface area contributed by atoms with Gasteiger partial charge in [0.15, 0.2) is 0 Å². The van der Waals surface area contributed by atoms with Crippen LogP contribution in [-0.4, -0.2) is 20.8 Å². The second-order valence-electron chi connectivity index (χ2n) is 3.43. The van der Waals surface area contributed by atoms with Crippen LogP contribution in [0.3, 0.4) is 0 Å². The average molecular weight is 220 g/mol. The predicted octanol–water partition coefficient (Wildman–Crippen LogP) is 2.49. The van der Waals surface area contributed by atoms with Crippen LogP contribution in [0.2, 0.25) is 0 Å². The highest BCUT2D eigenvalue weighted by Gasteiger charge is 2.13. The van der Waals surface area contributed by atoms with Crippen molar-refractivity contribution in [3.8, 4) is 0 Å². The van der Waals surface area contributed by atoms with Gasteiger partial charge in [-0.25, -0.2) is 0 Å². The number of hydrogen-bond acceptors (Lipinski definition) is 3. The summed E-state index contributed by atoms with van der Waals surface area (Å²) in [5, 5.41) is 0. The van der Waals surface area contributed by atoms with E-state index in [4.69, 9.17) is 4.18 Å². The van der Waals surface area contributed by atoms with Crippen LogP contribution in [0.4, 0.5) is 0 Å². The van der Waals surface area contributed by atoms with E-state index < -0.39 is 10.1 Å². The Labute approximate surface area is 87.3 Å². The Kier molecular flexibility index (Phi) is 6.83. The van der Waals surface area contributed by atoms with Gasteiger partial charge < -0.3 is 0 Å². The first kappa shape index (κ1) is 13.7. The van der Waals surface area contributed by atoms with Gasteiger partial charge in [-0.2, -0.15) is 8.42 Å². The van der Waals surface area contributed by atoms with Crippen LogP contribution in [0.1, 0.15) is 39.0 Å². The Morgan fingerprint density at radius 1 is 1.43 bits per heavy atom. The molecule has 0 N–H and O–H groups in total. The zero-order valence-corrected chi connectivity index (χ0v) is 9.85. The molecule has 0 spiro atoms. The summed E-state index contributed by atoms with van der Waals surface area (Å²) in [6, 6.07) is 0. The summed E-state index contributed by atoms with van der Waals surface area (Å²) >= 11 is 0. The lowest BCUT2D eigenvalue weighted by atomic mass is 10.1. The number of rotatable bonds is 8. The molecule has 0 saturated carbocycles. The van der Waals surface area contributed by atoms with Crippen molar-refractivity contribution in [2.75, 3.05) is 6.26 Å². The largest absolute Gasteiger partial charge is 0.267 e. The first-order valence-corrected chi connectivity index (χ1v) is 6.80. The zero-order chi connectivity index (χ0) is 11.0. The molecule has 0 fully saturated rings. The summed E-state index contributed by atoms with van der Waals surface area (Å²) in [6.45, 7) is 5.64. The Bertz CT molecular complexity index is 244. The van der Waals surface area contributed by atoms with Crippen LogP contribution < -0.4 is 0 Å². The van der Waals surface area contributed by atoms with Gasteiger partial charge in [-0.1, -0.05) is 19.4 Å². The van der Waals surface area contributed by atoms with Crippen LogP contribution in [0.25, 0.3) is 0 Å². The highest BCUT2D eigenvalue weighted by molar-refractivity contribution is 7.86. The summed E-state index contributed by atoms with van der Waals surface area (Å²) < 4.78 is 26.8. The molecule has 0 aliphatic rings. The lowest BCUT2D eigenvalue weighted by Gasteiger charge is -2.14. The lowest BCUT2D eigenvalue weighted by molar-refractivity contribution is 0.187.